The van der Waals surface area contributed by atoms with Crippen molar-refractivity contribution >= 4 is 0 Å². The van der Waals surface area contributed by atoms with E-state index in [2.05, 4.69) is 84.9 Å². The van der Waals surface area contributed by atoms with Crippen molar-refractivity contribution in [2.75, 3.05) is 0 Å². The van der Waals surface area contributed by atoms with E-state index in [0.717, 1.165) is 12.8 Å². The quantitative estimate of drug-likeness (QED) is 0.323. The Morgan fingerprint density at radius 2 is 1.04 bits per heavy atom. The lowest BCUT2D eigenvalue weighted by Gasteiger charge is -2.11. The third kappa shape index (κ3) is 1.90. The van der Waals surface area contributed by atoms with Gasteiger partial charge in [-0.05, 0) is 74.5 Å². The van der Waals surface area contributed by atoms with Gasteiger partial charge in [0.05, 0.1) is 0 Å². The zero-order chi connectivity index (χ0) is 17.1. The molecule has 6 rings (SSSR count). The Balaban J connectivity index is 1.53. The van der Waals surface area contributed by atoms with E-state index in [1.54, 1.807) is 0 Å². The van der Waals surface area contributed by atoms with Gasteiger partial charge in [-0.3, -0.25) is 0 Å². The zero-order valence-corrected chi connectivity index (χ0v) is 14.5. The SMILES string of the molecule is c1ccc2c(c1)Cc1ccc(-c3cccc4c3Cc3ccccc3-4)cc1-2. The Morgan fingerprint density at radius 3 is 1.88 bits per heavy atom. The first-order valence-electron chi connectivity index (χ1n) is 9.30. The monoisotopic (exact) mass is 330 g/mol. The van der Waals surface area contributed by atoms with Crippen molar-refractivity contribution in [2.24, 2.45) is 0 Å². The summed E-state index contributed by atoms with van der Waals surface area (Å²) in [5.41, 5.74) is 14.1. The van der Waals surface area contributed by atoms with Crippen LogP contribution in [0.3, 0.4) is 0 Å². The molecule has 0 bridgehead atoms. The summed E-state index contributed by atoms with van der Waals surface area (Å²) in [6.07, 6.45) is 2.10. The lowest BCUT2D eigenvalue weighted by molar-refractivity contribution is 1.25. The van der Waals surface area contributed by atoms with Gasteiger partial charge in [-0.15, -0.1) is 0 Å². The van der Waals surface area contributed by atoms with Crippen LogP contribution in [-0.2, 0) is 12.8 Å². The van der Waals surface area contributed by atoms with E-state index in [1.165, 1.54) is 55.6 Å². The first kappa shape index (κ1) is 14.1. The number of rotatable bonds is 1. The van der Waals surface area contributed by atoms with Crippen molar-refractivity contribution in [2.45, 2.75) is 12.8 Å². The molecule has 4 aromatic rings. The number of hydrogen-bond acceptors (Lipinski definition) is 0. The second-order valence-electron chi connectivity index (χ2n) is 7.37. The van der Waals surface area contributed by atoms with Gasteiger partial charge in [-0.1, -0.05) is 78.9 Å². The molecule has 26 heavy (non-hydrogen) atoms. The molecule has 0 N–H and O–H groups in total. The van der Waals surface area contributed by atoms with E-state index in [-0.39, 0.29) is 0 Å². The van der Waals surface area contributed by atoms with E-state index in [0.29, 0.717) is 0 Å². The third-order valence-corrected chi connectivity index (χ3v) is 5.96. The molecule has 122 valence electrons. The average molecular weight is 330 g/mol. The minimum atomic E-state index is 1.04. The highest BCUT2D eigenvalue weighted by Gasteiger charge is 2.23. The van der Waals surface area contributed by atoms with Crippen molar-refractivity contribution in [3.63, 3.8) is 0 Å². The van der Waals surface area contributed by atoms with E-state index in [9.17, 15) is 0 Å². The highest BCUT2D eigenvalue weighted by molar-refractivity contribution is 5.87. The summed E-state index contributed by atoms with van der Waals surface area (Å²) >= 11 is 0. The van der Waals surface area contributed by atoms with Crippen LogP contribution >= 0.6 is 0 Å². The molecule has 0 saturated carbocycles. The van der Waals surface area contributed by atoms with Crippen LogP contribution in [-0.4, -0.2) is 0 Å². The van der Waals surface area contributed by atoms with Gasteiger partial charge in [0, 0.05) is 0 Å². The summed E-state index contributed by atoms with van der Waals surface area (Å²) in [5.74, 6) is 0. The standard InChI is InChI=1S/C26H18/c1-4-9-22-17(6-1)14-19-12-13-20(15-25(19)22)23-10-5-11-24-21-8-3-2-7-18(21)16-26(23)24/h1-13,15H,14,16H2. The predicted molar refractivity (Wildman–Crippen MR) is 108 cm³/mol. The van der Waals surface area contributed by atoms with E-state index >= 15 is 0 Å². The molecule has 0 nitrogen and oxygen atoms in total. The maximum atomic E-state index is 2.40. The summed E-state index contributed by atoms with van der Waals surface area (Å²) in [5, 5.41) is 0. The molecule has 2 aliphatic carbocycles. The van der Waals surface area contributed by atoms with E-state index in [4.69, 9.17) is 0 Å². The molecule has 0 unspecified atom stereocenters. The van der Waals surface area contributed by atoms with E-state index < -0.39 is 0 Å². The molecule has 0 atom stereocenters. The topological polar surface area (TPSA) is 0 Å². The van der Waals surface area contributed by atoms with Crippen molar-refractivity contribution in [3.05, 3.63) is 107 Å². The maximum Gasteiger partial charge on any atom is -0.000729 e. The Bertz CT molecular complexity index is 1180. The van der Waals surface area contributed by atoms with Crippen LogP contribution in [0, 0.1) is 0 Å². The van der Waals surface area contributed by atoms with Gasteiger partial charge >= 0.3 is 0 Å². The molecule has 0 amide bonds. The predicted octanol–water partition coefficient (Wildman–Crippen LogP) is 6.50. The van der Waals surface area contributed by atoms with Crippen LogP contribution in [0.5, 0.6) is 0 Å². The molecule has 2 aliphatic rings. The summed E-state index contributed by atoms with van der Waals surface area (Å²) < 4.78 is 0. The van der Waals surface area contributed by atoms with Gasteiger partial charge in [0.15, 0.2) is 0 Å². The fraction of sp³-hybridized carbons (Fsp3) is 0.0769. The smallest absolute Gasteiger partial charge is 0.000729 e. The third-order valence-electron chi connectivity index (χ3n) is 5.96. The fourth-order valence-electron chi connectivity index (χ4n) is 4.72. The van der Waals surface area contributed by atoms with Crippen LogP contribution in [0.1, 0.15) is 22.3 Å². The molecule has 0 heterocycles. The van der Waals surface area contributed by atoms with Gasteiger partial charge in [-0.2, -0.15) is 0 Å². The Hall–Kier alpha value is -3.12. The highest BCUT2D eigenvalue weighted by atomic mass is 14.3. The number of fused-ring (bicyclic) bond motifs is 6. The number of benzene rings is 4. The highest BCUT2D eigenvalue weighted by Crippen LogP contribution is 2.43. The van der Waals surface area contributed by atoms with Crippen molar-refractivity contribution < 1.29 is 0 Å². The molecule has 4 aromatic carbocycles. The molecule has 0 saturated heterocycles. The second kappa shape index (κ2) is 5.19. The van der Waals surface area contributed by atoms with Gasteiger partial charge < -0.3 is 0 Å². The molecule has 0 fully saturated rings. The fourth-order valence-corrected chi connectivity index (χ4v) is 4.72. The van der Waals surface area contributed by atoms with Crippen LogP contribution in [0.4, 0.5) is 0 Å². The normalized spacial score (nSPS) is 13.1. The van der Waals surface area contributed by atoms with Crippen LogP contribution < -0.4 is 0 Å². The molecule has 0 aromatic heterocycles. The van der Waals surface area contributed by atoms with Gasteiger partial charge in [0.2, 0.25) is 0 Å². The molecular formula is C26H18. The molecule has 0 radical (unpaired) electrons. The maximum absolute atomic E-state index is 2.40. The second-order valence-corrected chi connectivity index (χ2v) is 7.37. The largest absolute Gasteiger partial charge is 0.0619 e. The minimum absolute atomic E-state index is 1.04. The van der Waals surface area contributed by atoms with Crippen LogP contribution in [0.25, 0.3) is 33.4 Å². The summed E-state index contributed by atoms with van der Waals surface area (Å²) in [6, 6.07) is 31.4. The lowest BCUT2D eigenvalue weighted by Crippen LogP contribution is -1.89. The average Bonchev–Trinajstić information content (AvgIpc) is 3.25. The lowest BCUT2D eigenvalue weighted by atomic mass is 9.93. The molecular weight excluding hydrogens is 312 g/mol. The summed E-state index contributed by atoms with van der Waals surface area (Å²) in [4.78, 5) is 0. The summed E-state index contributed by atoms with van der Waals surface area (Å²) in [7, 11) is 0. The first-order valence-corrected chi connectivity index (χ1v) is 9.30. The Labute approximate surface area is 153 Å². The van der Waals surface area contributed by atoms with Gasteiger partial charge in [0.1, 0.15) is 0 Å². The summed E-state index contributed by atoms with van der Waals surface area (Å²) in [6.45, 7) is 0. The van der Waals surface area contributed by atoms with Crippen LogP contribution in [0.2, 0.25) is 0 Å². The van der Waals surface area contributed by atoms with Gasteiger partial charge in [0.25, 0.3) is 0 Å². The van der Waals surface area contributed by atoms with Gasteiger partial charge in [-0.25, -0.2) is 0 Å². The molecule has 0 aliphatic heterocycles. The molecule has 0 heteroatoms. The Morgan fingerprint density at radius 1 is 0.423 bits per heavy atom. The van der Waals surface area contributed by atoms with Crippen LogP contribution in [0.15, 0.2) is 84.9 Å². The van der Waals surface area contributed by atoms with Crippen molar-refractivity contribution in [3.8, 4) is 33.4 Å². The molecule has 0 spiro atoms. The first-order chi connectivity index (χ1) is 12.9. The van der Waals surface area contributed by atoms with Crippen molar-refractivity contribution in [1.82, 2.24) is 0 Å². The van der Waals surface area contributed by atoms with Crippen molar-refractivity contribution in [1.29, 1.82) is 0 Å². The van der Waals surface area contributed by atoms with E-state index in [1.807, 2.05) is 0 Å². The Kier molecular flexibility index (Phi) is 2.81. The number of hydrogen-bond donors (Lipinski definition) is 0. The minimum Gasteiger partial charge on any atom is -0.0619 e. The zero-order valence-electron chi connectivity index (χ0n) is 14.5.